The van der Waals surface area contributed by atoms with Crippen LogP contribution in [-0.4, -0.2) is 9.55 Å². The number of halogens is 2. The van der Waals surface area contributed by atoms with Crippen LogP contribution in [0.1, 0.15) is 18.9 Å². The molecule has 0 bridgehead atoms. The van der Waals surface area contributed by atoms with E-state index in [-0.39, 0.29) is 0 Å². The van der Waals surface area contributed by atoms with E-state index in [2.05, 4.69) is 39.0 Å². The van der Waals surface area contributed by atoms with Crippen molar-refractivity contribution in [1.29, 1.82) is 0 Å². The molecule has 0 aliphatic heterocycles. The van der Waals surface area contributed by atoms with Crippen molar-refractivity contribution in [3.8, 4) is 11.8 Å². The predicted molar refractivity (Wildman–Crippen MR) is 79.6 cm³/mol. The lowest BCUT2D eigenvalue weighted by molar-refractivity contribution is 1.04. The van der Waals surface area contributed by atoms with Crippen LogP contribution in [0, 0.1) is 11.8 Å². The zero-order valence-corrected chi connectivity index (χ0v) is 12.5. The summed E-state index contributed by atoms with van der Waals surface area (Å²) in [6, 6.07) is 6.04. The number of rotatable bonds is 1. The van der Waals surface area contributed by atoms with E-state index in [1.807, 2.05) is 29.6 Å². The molecule has 0 saturated carbocycles. The van der Waals surface area contributed by atoms with E-state index >= 15 is 0 Å². The van der Waals surface area contributed by atoms with Gasteiger partial charge >= 0.3 is 0 Å². The molecule has 1 heterocycles. The van der Waals surface area contributed by atoms with Crippen molar-refractivity contribution in [3.63, 3.8) is 0 Å². The molecule has 0 aliphatic rings. The van der Waals surface area contributed by atoms with Crippen LogP contribution in [-0.2, 0) is 0 Å². The minimum atomic E-state index is 0.555. The number of aromatic nitrogens is 2. The molecule has 0 spiro atoms. The van der Waals surface area contributed by atoms with E-state index in [4.69, 9.17) is 11.6 Å². The Kier molecular flexibility index (Phi) is 4.07. The molecule has 2 rings (SSSR count). The number of nitrogens with zero attached hydrogens (tertiary/aromatic N) is 2. The van der Waals surface area contributed by atoms with Crippen LogP contribution in [0.3, 0.4) is 0 Å². The van der Waals surface area contributed by atoms with E-state index in [9.17, 15) is 0 Å². The molecule has 16 heavy (non-hydrogen) atoms. The largest absolute Gasteiger partial charge is 0.236 e. The average molecular weight is 363 g/mol. The molecular formula is C11H9ClIN2P. The van der Waals surface area contributed by atoms with Gasteiger partial charge in [-0.1, -0.05) is 30.4 Å². The maximum absolute atomic E-state index is 6.08. The second-order valence-corrected chi connectivity index (χ2v) is 5.57. The Bertz CT molecular complexity index is 583. The van der Waals surface area contributed by atoms with Gasteiger partial charge in [-0.3, -0.25) is 0 Å². The normalized spacial score (nSPS) is 10.9. The Morgan fingerprint density at radius 2 is 2.38 bits per heavy atom. The first-order valence-corrected chi connectivity index (χ1v) is 9.24. The Labute approximate surface area is 114 Å². The fourth-order valence-corrected chi connectivity index (χ4v) is 3.23. The van der Waals surface area contributed by atoms with E-state index in [0.29, 0.717) is 11.5 Å². The summed E-state index contributed by atoms with van der Waals surface area (Å²) in [5.41, 5.74) is 2.06. The lowest BCUT2D eigenvalue weighted by Gasteiger charge is -1.96. The monoisotopic (exact) mass is 362 g/mol. The first kappa shape index (κ1) is 12.2. The first-order chi connectivity index (χ1) is 7.76. The predicted octanol–water partition coefficient (Wildman–Crippen LogP) is 4.24. The van der Waals surface area contributed by atoms with Gasteiger partial charge in [0.15, 0.2) is 5.15 Å². The van der Waals surface area contributed by atoms with E-state index in [0.717, 1.165) is 22.9 Å². The lowest BCUT2D eigenvalue weighted by Crippen LogP contribution is -1.82. The summed E-state index contributed by atoms with van der Waals surface area (Å²) in [5, 5.41) is 5.80. The molecular weight excluding hydrogens is 353 g/mol. The van der Waals surface area contributed by atoms with Crippen molar-refractivity contribution in [3.05, 3.63) is 28.9 Å². The molecule has 0 N–H and O–H groups in total. The van der Waals surface area contributed by atoms with Crippen LogP contribution in [0.4, 0.5) is 0 Å². The highest BCUT2D eigenvalue weighted by Gasteiger charge is 2.07. The van der Waals surface area contributed by atoms with Gasteiger partial charge in [0.2, 0.25) is 0 Å². The van der Waals surface area contributed by atoms with Crippen molar-refractivity contribution in [1.82, 2.24) is 9.55 Å². The van der Waals surface area contributed by atoms with Crippen molar-refractivity contribution < 1.29 is 0 Å². The molecule has 0 radical (unpaired) electrons. The third kappa shape index (κ3) is 2.34. The lowest BCUT2D eigenvalue weighted by atomic mass is 10.1. The van der Waals surface area contributed by atoms with Crippen LogP contribution in [0.2, 0.25) is 5.15 Å². The van der Waals surface area contributed by atoms with Gasteiger partial charge < -0.3 is 0 Å². The van der Waals surface area contributed by atoms with Crippen molar-refractivity contribution in [2.24, 2.45) is 0 Å². The number of hydrogen-bond donors (Lipinski definition) is 0. The van der Waals surface area contributed by atoms with Gasteiger partial charge in [-0.15, -0.1) is 0 Å². The van der Waals surface area contributed by atoms with Crippen molar-refractivity contribution >= 4 is 50.9 Å². The van der Waals surface area contributed by atoms with Crippen LogP contribution in [0.15, 0.2) is 18.2 Å². The fraction of sp³-hybridized carbons (Fsp3) is 0.182. The number of benzene rings is 1. The van der Waals surface area contributed by atoms with Crippen LogP contribution >= 0.6 is 40.0 Å². The van der Waals surface area contributed by atoms with Gasteiger partial charge in [-0.2, -0.15) is 5.10 Å². The Hall–Kier alpha value is -0.300. The Morgan fingerprint density at radius 3 is 3.06 bits per heavy atom. The van der Waals surface area contributed by atoms with E-state index < -0.39 is 0 Å². The zero-order valence-electron chi connectivity index (χ0n) is 8.59. The minimum Gasteiger partial charge on any atom is -0.236 e. The summed E-state index contributed by atoms with van der Waals surface area (Å²) in [5.74, 6) is 6.15. The maximum Gasteiger partial charge on any atom is 0.159 e. The number of hydrogen-bond acceptors (Lipinski definition) is 1. The molecule has 0 aliphatic carbocycles. The second-order valence-electron chi connectivity index (χ2n) is 3.17. The molecule has 1 unspecified atom stereocenters. The molecule has 1 aromatic carbocycles. The SMILES string of the molecule is CCC#Cc1ccc2c(c1)c(Cl)nn2PI. The third-order valence-corrected chi connectivity index (χ3v) is 4.28. The van der Waals surface area contributed by atoms with E-state index in [1.54, 1.807) is 0 Å². The highest BCUT2D eigenvalue weighted by Crippen LogP contribution is 2.32. The molecule has 82 valence electrons. The van der Waals surface area contributed by atoms with Gasteiger partial charge in [-0.05, 0) is 40.2 Å². The topological polar surface area (TPSA) is 17.8 Å². The first-order valence-electron chi connectivity index (χ1n) is 4.80. The van der Waals surface area contributed by atoms with Crippen LogP contribution in [0.5, 0.6) is 0 Å². The summed E-state index contributed by atoms with van der Waals surface area (Å²) in [7, 11) is 0. The van der Waals surface area contributed by atoms with Gasteiger partial charge in [-0.25, -0.2) is 4.45 Å². The molecule has 2 nitrogen and oxygen atoms in total. The highest BCUT2D eigenvalue weighted by molar-refractivity contribution is 14.2. The second kappa shape index (κ2) is 5.35. The Balaban J connectivity index is 2.58. The molecule has 1 aromatic heterocycles. The summed E-state index contributed by atoms with van der Waals surface area (Å²) >= 11 is 8.37. The van der Waals surface area contributed by atoms with Gasteiger partial charge in [0.1, 0.15) is 0 Å². The quantitative estimate of drug-likeness (QED) is 0.421. The summed E-state index contributed by atoms with van der Waals surface area (Å²) in [6.45, 7) is 2.04. The molecule has 2 aromatic rings. The average Bonchev–Trinajstić information content (AvgIpc) is 2.63. The third-order valence-electron chi connectivity index (χ3n) is 2.12. The van der Waals surface area contributed by atoms with Gasteiger partial charge in [0, 0.05) is 17.4 Å². The molecule has 5 heteroatoms. The van der Waals surface area contributed by atoms with Crippen LogP contribution < -0.4 is 0 Å². The molecule has 0 saturated heterocycles. The summed E-state index contributed by atoms with van der Waals surface area (Å²) in [4.78, 5) is 0. The van der Waals surface area contributed by atoms with Crippen molar-refractivity contribution in [2.45, 2.75) is 13.3 Å². The highest BCUT2D eigenvalue weighted by atomic mass is 127. The molecule has 0 fully saturated rings. The van der Waals surface area contributed by atoms with E-state index in [1.165, 1.54) is 0 Å². The smallest absolute Gasteiger partial charge is 0.159 e. The van der Waals surface area contributed by atoms with Gasteiger partial charge in [0.05, 0.1) is 11.9 Å². The standard InChI is InChI=1S/C11H9ClIN2P/c1-2-3-4-8-5-6-10-9(7-8)11(12)14-15(10)16-13/h5-7,16H,2H2,1H3. The maximum atomic E-state index is 6.08. The fourth-order valence-electron chi connectivity index (χ4n) is 1.41. The minimum absolute atomic E-state index is 0.555. The van der Waals surface area contributed by atoms with Crippen LogP contribution in [0.25, 0.3) is 10.9 Å². The Morgan fingerprint density at radius 1 is 1.56 bits per heavy atom. The molecule has 0 amide bonds. The molecule has 1 atom stereocenters. The van der Waals surface area contributed by atoms with Crippen molar-refractivity contribution in [2.75, 3.05) is 0 Å². The number of fused-ring (bicyclic) bond motifs is 1. The van der Waals surface area contributed by atoms with Gasteiger partial charge in [0.25, 0.3) is 0 Å². The summed E-state index contributed by atoms with van der Waals surface area (Å²) in [6.07, 6.45) is 1.42. The zero-order chi connectivity index (χ0) is 11.5. The summed E-state index contributed by atoms with van der Waals surface area (Å²) < 4.78 is 1.91.